The Hall–Kier alpha value is -0.580. The van der Waals surface area contributed by atoms with Crippen molar-refractivity contribution in [2.75, 3.05) is 53.1 Å². The molecule has 8 heteroatoms. The van der Waals surface area contributed by atoms with E-state index in [9.17, 15) is 0 Å². The Morgan fingerprint density at radius 2 is 2.04 bits per heavy atom. The summed E-state index contributed by atoms with van der Waals surface area (Å²) in [5, 5.41) is 3.39. The van der Waals surface area contributed by atoms with Gasteiger partial charge in [-0.3, -0.25) is 0 Å². The van der Waals surface area contributed by atoms with Gasteiger partial charge in [-0.25, -0.2) is 4.99 Å². The fourth-order valence-electron chi connectivity index (χ4n) is 2.99. The van der Waals surface area contributed by atoms with Crippen molar-refractivity contribution < 1.29 is 14.2 Å². The molecule has 0 radical (unpaired) electrons. The SMILES string of the molecule is CCNC(=NCCOc1cccc(Br)c1)N1CCC(OCCCOC)CC1.I. The Labute approximate surface area is 194 Å². The highest BCUT2D eigenvalue weighted by Crippen LogP contribution is 2.17. The molecule has 0 bridgehead atoms. The number of hydrogen-bond acceptors (Lipinski definition) is 4. The van der Waals surface area contributed by atoms with Crippen LogP contribution in [-0.4, -0.2) is 70.1 Å². The van der Waals surface area contributed by atoms with Gasteiger partial charge in [0.05, 0.1) is 12.6 Å². The molecule has 160 valence electrons. The molecule has 0 spiro atoms. The smallest absolute Gasteiger partial charge is 0.194 e. The highest BCUT2D eigenvalue weighted by atomic mass is 127. The van der Waals surface area contributed by atoms with Crippen LogP contribution < -0.4 is 10.1 Å². The highest BCUT2D eigenvalue weighted by Gasteiger charge is 2.21. The normalized spacial score (nSPS) is 15.2. The minimum absolute atomic E-state index is 0. The minimum Gasteiger partial charge on any atom is -0.492 e. The van der Waals surface area contributed by atoms with Crippen molar-refractivity contribution in [3.63, 3.8) is 0 Å². The first-order chi connectivity index (χ1) is 13.2. The third kappa shape index (κ3) is 9.76. The number of ether oxygens (including phenoxy) is 3. The molecular formula is C20H33BrIN3O3. The lowest BCUT2D eigenvalue weighted by Crippen LogP contribution is -2.47. The summed E-state index contributed by atoms with van der Waals surface area (Å²) < 4.78 is 17.8. The molecule has 1 N–H and O–H groups in total. The van der Waals surface area contributed by atoms with Gasteiger partial charge in [0.25, 0.3) is 0 Å². The molecule has 0 amide bonds. The number of benzene rings is 1. The fraction of sp³-hybridized carbons (Fsp3) is 0.650. The van der Waals surface area contributed by atoms with Gasteiger partial charge in [-0.05, 0) is 44.4 Å². The highest BCUT2D eigenvalue weighted by molar-refractivity contribution is 14.0. The van der Waals surface area contributed by atoms with Crippen LogP contribution in [-0.2, 0) is 9.47 Å². The van der Waals surface area contributed by atoms with Gasteiger partial charge < -0.3 is 24.4 Å². The zero-order chi connectivity index (χ0) is 19.3. The van der Waals surface area contributed by atoms with E-state index in [4.69, 9.17) is 19.2 Å². The van der Waals surface area contributed by atoms with Crippen molar-refractivity contribution in [3.8, 4) is 5.75 Å². The summed E-state index contributed by atoms with van der Waals surface area (Å²) >= 11 is 3.45. The van der Waals surface area contributed by atoms with Crippen LogP contribution in [0, 0.1) is 0 Å². The van der Waals surface area contributed by atoms with Crippen LogP contribution >= 0.6 is 39.9 Å². The molecule has 0 unspecified atom stereocenters. The summed E-state index contributed by atoms with van der Waals surface area (Å²) in [6.45, 7) is 7.61. The maximum absolute atomic E-state index is 5.94. The number of nitrogens with zero attached hydrogens (tertiary/aromatic N) is 2. The molecule has 0 aliphatic carbocycles. The second kappa shape index (κ2) is 15.3. The molecule has 1 aliphatic rings. The topological polar surface area (TPSA) is 55.3 Å². The molecule has 1 saturated heterocycles. The summed E-state index contributed by atoms with van der Waals surface area (Å²) in [5.74, 6) is 1.82. The first kappa shape index (κ1) is 25.5. The number of halogens is 2. The average molecular weight is 570 g/mol. The van der Waals surface area contributed by atoms with Crippen molar-refractivity contribution in [1.29, 1.82) is 0 Å². The van der Waals surface area contributed by atoms with E-state index >= 15 is 0 Å². The van der Waals surface area contributed by atoms with Crippen molar-refractivity contribution in [2.24, 2.45) is 4.99 Å². The second-order valence-electron chi connectivity index (χ2n) is 6.45. The van der Waals surface area contributed by atoms with Crippen LogP contribution in [0.2, 0.25) is 0 Å². The predicted octanol–water partition coefficient (Wildman–Crippen LogP) is 3.93. The summed E-state index contributed by atoms with van der Waals surface area (Å²) in [7, 11) is 1.73. The Morgan fingerprint density at radius 1 is 1.25 bits per heavy atom. The lowest BCUT2D eigenvalue weighted by Gasteiger charge is -2.34. The number of methoxy groups -OCH3 is 1. The van der Waals surface area contributed by atoms with Gasteiger partial charge >= 0.3 is 0 Å². The summed E-state index contributed by atoms with van der Waals surface area (Å²) in [4.78, 5) is 7.04. The van der Waals surface area contributed by atoms with E-state index in [1.807, 2.05) is 24.3 Å². The first-order valence-corrected chi connectivity index (χ1v) is 10.5. The molecule has 0 aromatic heterocycles. The molecular weight excluding hydrogens is 537 g/mol. The van der Waals surface area contributed by atoms with Crippen molar-refractivity contribution >= 4 is 45.9 Å². The van der Waals surface area contributed by atoms with Crippen LogP contribution in [0.4, 0.5) is 0 Å². The number of guanidine groups is 1. The third-order valence-corrected chi connectivity index (χ3v) is 4.83. The van der Waals surface area contributed by atoms with Crippen LogP contribution in [0.5, 0.6) is 5.75 Å². The number of rotatable bonds is 10. The van der Waals surface area contributed by atoms with Gasteiger partial charge in [-0.2, -0.15) is 0 Å². The van der Waals surface area contributed by atoms with E-state index in [0.717, 1.165) is 68.3 Å². The maximum atomic E-state index is 5.94. The van der Waals surface area contributed by atoms with Gasteiger partial charge in [0.1, 0.15) is 12.4 Å². The van der Waals surface area contributed by atoms with Gasteiger partial charge in [0.2, 0.25) is 0 Å². The third-order valence-electron chi connectivity index (χ3n) is 4.34. The minimum atomic E-state index is 0. The van der Waals surface area contributed by atoms with Gasteiger partial charge in [0, 0.05) is 44.4 Å². The first-order valence-electron chi connectivity index (χ1n) is 9.75. The van der Waals surface area contributed by atoms with E-state index in [-0.39, 0.29) is 24.0 Å². The molecule has 28 heavy (non-hydrogen) atoms. The van der Waals surface area contributed by atoms with Gasteiger partial charge in [-0.1, -0.05) is 22.0 Å². The molecule has 2 rings (SSSR count). The quantitative estimate of drug-likeness (QED) is 0.200. The Balaban J connectivity index is 0.00000392. The Bertz CT molecular complexity index is 569. The average Bonchev–Trinajstić information content (AvgIpc) is 2.68. The van der Waals surface area contributed by atoms with E-state index in [1.54, 1.807) is 7.11 Å². The second-order valence-corrected chi connectivity index (χ2v) is 7.36. The van der Waals surface area contributed by atoms with Crippen molar-refractivity contribution in [2.45, 2.75) is 32.3 Å². The molecule has 0 saturated carbocycles. The van der Waals surface area contributed by atoms with Gasteiger partial charge in [0.15, 0.2) is 5.96 Å². The van der Waals surface area contributed by atoms with Crippen LogP contribution in [0.15, 0.2) is 33.7 Å². The van der Waals surface area contributed by atoms with E-state index in [0.29, 0.717) is 19.3 Å². The number of hydrogen-bond donors (Lipinski definition) is 1. The van der Waals surface area contributed by atoms with Crippen LogP contribution in [0.1, 0.15) is 26.2 Å². The predicted molar refractivity (Wildman–Crippen MR) is 128 cm³/mol. The van der Waals surface area contributed by atoms with Crippen LogP contribution in [0.25, 0.3) is 0 Å². The van der Waals surface area contributed by atoms with Crippen molar-refractivity contribution in [3.05, 3.63) is 28.7 Å². The fourth-order valence-corrected chi connectivity index (χ4v) is 3.36. The Morgan fingerprint density at radius 3 is 2.71 bits per heavy atom. The lowest BCUT2D eigenvalue weighted by molar-refractivity contribution is 0.00990. The summed E-state index contributed by atoms with van der Waals surface area (Å²) in [6.07, 6.45) is 3.37. The summed E-state index contributed by atoms with van der Waals surface area (Å²) in [6, 6.07) is 7.87. The van der Waals surface area contributed by atoms with E-state index in [2.05, 4.69) is 33.1 Å². The van der Waals surface area contributed by atoms with Crippen LogP contribution in [0.3, 0.4) is 0 Å². The molecule has 1 aliphatic heterocycles. The number of nitrogens with one attached hydrogen (secondary N) is 1. The molecule has 1 heterocycles. The molecule has 1 aromatic rings. The van der Waals surface area contributed by atoms with E-state index in [1.165, 1.54) is 0 Å². The Kier molecular flexibility index (Phi) is 13.9. The number of piperidine rings is 1. The molecule has 1 fully saturated rings. The zero-order valence-corrected chi connectivity index (χ0v) is 20.8. The standard InChI is InChI=1S/C20H32BrN3O3.HI/c1-3-22-20(23-10-15-27-19-7-4-6-17(21)16-19)24-11-8-18(9-12-24)26-14-5-13-25-2;/h4,6-7,16,18H,3,5,8-15H2,1-2H3,(H,22,23);1H. The zero-order valence-electron chi connectivity index (χ0n) is 16.9. The van der Waals surface area contributed by atoms with Crippen molar-refractivity contribution in [1.82, 2.24) is 10.2 Å². The molecule has 0 atom stereocenters. The lowest BCUT2D eigenvalue weighted by atomic mass is 10.1. The largest absolute Gasteiger partial charge is 0.492 e. The van der Waals surface area contributed by atoms with Gasteiger partial charge in [-0.15, -0.1) is 24.0 Å². The summed E-state index contributed by atoms with van der Waals surface area (Å²) in [5.41, 5.74) is 0. The monoisotopic (exact) mass is 569 g/mol. The molecule has 6 nitrogen and oxygen atoms in total. The maximum Gasteiger partial charge on any atom is 0.194 e. The number of likely N-dealkylation sites (tertiary alicyclic amines) is 1. The number of aliphatic imine (C=N–C) groups is 1. The van der Waals surface area contributed by atoms with E-state index < -0.39 is 0 Å². The molecule has 1 aromatic carbocycles.